The molecule has 0 aliphatic carbocycles. The van der Waals surface area contributed by atoms with Gasteiger partial charge in [0.2, 0.25) is 0 Å². The first-order valence-electron chi connectivity index (χ1n) is 7.23. The normalized spacial score (nSPS) is 16.5. The highest BCUT2D eigenvalue weighted by Crippen LogP contribution is 2.35. The minimum atomic E-state index is -0.555. The number of carbonyl (C=O) groups is 2. The largest absolute Gasteiger partial charge is 0.465 e. The van der Waals surface area contributed by atoms with Crippen LogP contribution in [-0.4, -0.2) is 46.7 Å². The lowest BCUT2D eigenvalue weighted by atomic mass is 10.1. The summed E-state index contributed by atoms with van der Waals surface area (Å²) < 4.78 is 9.55. The fourth-order valence-corrected chi connectivity index (χ4v) is 3.57. The maximum atomic E-state index is 11.9. The lowest BCUT2D eigenvalue weighted by Gasteiger charge is -2.34. The molecule has 1 saturated heterocycles. The molecule has 0 saturated carbocycles. The van der Waals surface area contributed by atoms with Crippen molar-refractivity contribution in [2.24, 2.45) is 0 Å². The molecule has 1 amide bonds. The molecule has 21 heavy (non-hydrogen) atoms. The van der Waals surface area contributed by atoms with E-state index >= 15 is 0 Å². The average Bonchev–Trinajstić information content (AvgIpc) is 2.38. The van der Waals surface area contributed by atoms with Crippen molar-refractivity contribution in [2.45, 2.75) is 50.5 Å². The Bertz CT molecular complexity index is 400. The first-order chi connectivity index (χ1) is 9.76. The molecule has 0 aromatic carbocycles. The molecular weight excluding hydrogens is 290 g/mol. The number of esters is 1. The summed E-state index contributed by atoms with van der Waals surface area (Å²) in [6.45, 7) is 12.5. The Labute approximate surface area is 131 Å². The van der Waals surface area contributed by atoms with Crippen LogP contribution >= 0.6 is 11.8 Å². The van der Waals surface area contributed by atoms with Crippen molar-refractivity contribution in [2.75, 3.05) is 19.7 Å². The summed E-state index contributed by atoms with van der Waals surface area (Å²) in [6.07, 6.45) is 1.35. The van der Waals surface area contributed by atoms with Crippen LogP contribution in [0.4, 0.5) is 4.79 Å². The highest BCUT2D eigenvalue weighted by molar-refractivity contribution is 8.01. The average molecular weight is 315 g/mol. The molecular formula is C15H25NO4S. The van der Waals surface area contributed by atoms with Gasteiger partial charge in [-0.1, -0.05) is 6.58 Å². The molecule has 5 nitrogen and oxygen atoms in total. The number of rotatable bonds is 5. The first-order valence-corrected chi connectivity index (χ1v) is 8.11. The van der Waals surface area contributed by atoms with Crippen molar-refractivity contribution < 1.29 is 19.1 Å². The predicted molar refractivity (Wildman–Crippen MR) is 84.2 cm³/mol. The predicted octanol–water partition coefficient (Wildman–Crippen LogP) is 3.20. The number of likely N-dealkylation sites (tertiary alicyclic amines) is 1. The molecule has 0 spiro atoms. The van der Waals surface area contributed by atoms with Gasteiger partial charge in [-0.05, 0) is 40.5 Å². The number of thioether (sulfide) groups is 1. The molecule has 0 aromatic heterocycles. The minimum Gasteiger partial charge on any atom is -0.465 e. The number of amides is 1. The van der Waals surface area contributed by atoms with Crippen LogP contribution in [0, 0.1) is 0 Å². The Morgan fingerprint density at radius 3 is 2.38 bits per heavy atom. The number of carbonyl (C=O) groups excluding carboxylic acids is 2. The Hall–Kier alpha value is -1.17. The van der Waals surface area contributed by atoms with E-state index in [0.717, 1.165) is 12.8 Å². The highest BCUT2D eigenvalue weighted by Gasteiger charge is 2.35. The third kappa shape index (κ3) is 5.61. The summed E-state index contributed by atoms with van der Waals surface area (Å²) in [4.78, 5) is 25.3. The number of piperidine rings is 1. The van der Waals surface area contributed by atoms with Crippen LogP contribution < -0.4 is 0 Å². The van der Waals surface area contributed by atoms with Gasteiger partial charge in [-0.3, -0.25) is 4.79 Å². The van der Waals surface area contributed by atoms with E-state index in [0.29, 0.717) is 30.7 Å². The van der Waals surface area contributed by atoms with Crippen LogP contribution in [0.25, 0.3) is 0 Å². The van der Waals surface area contributed by atoms with Gasteiger partial charge in [-0.15, -0.1) is 11.8 Å². The lowest BCUT2D eigenvalue weighted by molar-refractivity contribution is -0.145. The molecule has 1 aliphatic rings. The second kappa shape index (κ2) is 7.73. The Morgan fingerprint density at radius 2 is 1.90 bits per heavy atom. The molecule has 1 rings (SSSR count). The second-order valence-electron chi connectivity index (χ2n) is 5.61. The highest BCUT2D eigenvalue weighted by atomic mass is 32.2. The van der Waals surface area contributed by atoms with Crippen LogP contribution in [0.1, 0.15) is 40.5 Å². The van der Waals surface area contributed by atoms with Gasteiger partial charge in [0, 0.05) is 18.3 Å². The molecule has 0 bridgehead atoms. The van der Waals surface area contributed by atoms with Gasteiger partial charge in [0.25, 0.3) is 0 Å². The van der Waals surface area contributed by atoms with Gasteiger partial charge < -0.3 is 14.4 Å². The third-order valence-corrected chi connectivity index (χ3v) is 4.75. The fourth-order valence-electron chi connectivity index (χ4n) is 2.14. The van der Waals surface area contributed by atoms with Gasteiger partial charge >= 0.3 is 12.1 Å². The number of allylic oxidation sites excluding steroid dienone is 1. The van der Waals surface area contributed by atoms with E-state index < -0.39 is 4.75 Å². The third-order valence-electron chi connectivity index (χ3n) is 3.19. The van der Waals surface area contributed by atoms with Crippen LogP contribution in [0.2, 0.25) is 0 Å². The van der Waals surface area contributed by atoms with E-state index in [1.807, 2.05) is 20.8 Å². The van der Waals surface area contributed by atoms with Gasteiger partial charge in [-0.2, -0.15) is 0 Å². The number of ether oxygens (including phenoxy) is 2. The van der Waals surface area contributed by atoms with E-state index in [1.54, 1.807) is 23.6 Å². The molecule has 120 valence electrons. The standard InChI is InChI=1S/C15H25NO4S/c1-6-19-13(17)15(4,5)21-12-7-9-16(10-8-12)14(18)20-11(2)3/h12H,2,6-10H2,1,3-5H3. The van der Waals surface area contributed by atoms with Crippen LogP contribution in [-0.2, 0) is 14.3 Å². The summed E-state index contributed by atoms with van der Waals surface area (Å²) >= 11 is 1.63. The zero-order chi connectivity index (χ0) is 16.0. The SMILES string of the molecule is C=C(C)OC(=O)N1CCC(SC(C)(C)C(=O)OCC)CC1. The molecule has 1 aliphatic heterocycles. The number of hydrogen-bond acceptors (Lipinski definition) is 5. The van der Waals surface area contributed by atoms with E-state index in [-0.39, 0.29) is 12.1 Å². The maximum absolute atomic E-state index is 11.9. The van der Waals surface area contributed by atoms with Crippen molar-refractivity contribution in [3.63, 3.8) is 0 Å². The summed E-state index contributed by atoms with van der Waals surface area (Å²) in [5.41, 5.74) is 0. The minimum absolute atomic E-state index is 0.181. The first kappa shape index (κ1) is 17.9. The fraction of sp³-hybridized carbons (Fsp3) is 0.733. The van der Waals surface area contributed by atoms with E-state index in [2.05, 4.69) is 6.58 Å². The molecule has 0 radical (unpaired) electrons. The quantitative estimate of drug-likeness (QED) is 0.576. The zero-order valence-corrected chi connectivity index (χ0v) is 14.1. The molecule has 0 aromatic rings. The van der Waals surface area contributed by atoms with Gasteiger partial charge in [0.05, 0.1) is 12.4 Å². The van der Waals surface area contributed by atoms with Crippen molar-refractivity contribution in [1.29, 1.82) is 0 Å². The van der Waals surface area contributed by atoms with E-state index in [4.69, 9.17) is 9.47 Å². The van der Waals surface area contributed by atoms with Crippen molar-refractivity contribution in [3.8, 4) is 0 Å². The second-order valence-corrected chi connectivity index (χ2v) is 7.53. The summed E-state index contributed by atoms with van der Waals surface area (Å²) in [5, 5.41) is 0.346. The smallest absolute Gasteiger partial charge is 0.414 e. The summed E-state index contributed by atoms with van der Waals surface area (Å²) in [7, 11) is 0. The molecule has 0 atom stereocenters. The Kier molecular flexibility index (Phi) is 6.58. The molecule has 1 fully saturated rings. The summed E-state index contributed by atoms with van der Waals surface area (Å²) in [6, 6.07) is 0. The van der Waals surface area contributed by atoms with Crippen LogP contribution in [0.3, 0.4) is 0 Å². The van der Waals surface area contributed by atoms with Crippen LogP contribution in [0.15, 0.2) is 12.3 Å². The Balaban J connectivity index is 2.44. The Morgan fingerprint density at radius 1 is 1.33 bits per heavy atom. The van der Waals surface area contributed by atoms with E-state index in [9.17, 15) is 9.59 Å². The molecule has 6 heteroatoms. The molecule has 0 N–H and O–H groups in total. The van der Waals surface area contributed by atoms with Crippen LogP contribution in [0.5, 0.6) is 0 Å². The summed E-state index contributed by atoms with van der Waals surface area (Å²) in [5.74, 6) is 0.221. The topological polar surface area (TPSA) is 55.8 Å². The van der Waals surface area contributed by atoms with Crippen molar-refractivity contribution in [3.05, 3.63) is 12.3 Å². The van der Waals surface area contributed by atoms with Crippen molar-refractivity contribution >= 4 is 23.8 Å². The van der Waals surface area contributed by atoms with Crippen molar-refractivity contribution in [1.82, 2.24) is 4.90 Å². The zero-order valence-electron chi connectivity index (χ0n) is 13.3. The molecule has 0 unspecified atom stereocenters. The monoisotopic (exact) mass is 315 g/mol. The molecule has 1 heterocycles. The maximum Gasteiger partial charge on any atom is 0.414 e. The number of hydrogen-bond donors (Lipinski definition) is 0. The lowest BCUT2D eigenvalue weighted by Crippen LogP contribution is -2.41. The van der Waals surface area contributed by atoms with E-state index in [1.165, 1.54) is 0 Å². The van der Waals surface area contributed by atoms with Gasteiger partial charge in [0.1, 0.15) is 4.75 Å². The number of nitrogens with zero attached hydrogens (tertiary/aromatic N) is 1. The van der Waals surface area contributed by atoms with Gasteiger partial charge in [0.15, 0.2) is 0 Å². The van der Waals surface area contributed by atoms with Gasteiger partial charge in [-0.25, -0.2) is 4.79 Å².